The van der Waals surface area contributed by atoms with Crippen LogP contribution in [0.4, 0.5) is 10.1 Å². The topological polar surface area (TPSA) is 87.7 Å². The third kappa shape index (κ3) is 4.84. The van der Waals surface area contributed by atoms with Gasteiger partial charge in [0.1, 0.15) is 17.5 Å². The molecule has 2 N–H and O–H groups in total. The van der Waals surface area contributed by atoms with E-state index in [9.17, 15) is 18.8 Å². The maximum absolute atomic E-state index is 14.2. The van der Waals surface area contributed by atoms with E-state index in [1.54, 1.807) is 29.2 Å². The number of nitrogens with zero attached hydrogens (tertiary/aromatic N) is 1. The van der Waals surface area contributed by atoms with E-state index >= 15 is 0 Å². The van der Waals surface area contributed by atoms with Gasteiger partial charge in [-0.25, -0.2) is 4.39 Å². The Kier molecular flexibility index (Phi) is 7.37. The number of fused-ring (bicyclic) bond motifs is 1. The van der Waals surface area contributed by atoms with Gasteiger partial charge in [0.15, 0.2) is 0 Å². The van der Waals surface area contributed by atoms with Crippen molar-refractivity contribution in [2.45, 2.75) is 63.4 Å². The van der Waals surface area contributed by atoms with Crippen LogP contribution in [-0.2, 0) is 25.7 Å². The number of halogens is 3. The number of carbonyl (C=O) groups excluding carboxylic acids is 3. The van der Waals surface area contributed by atoms with Crippen molar-refractivity contribution >= 4 is 46.6 Å². The standard InChI is InChI=1S/C31H32Cl2FN3O4/c1-16-4-3-5-23(17(16)2)36-29(39)27-31-13-12-24(41-31)25(28(38)35-20-10-11-22(34)21(33)14-20)26(31)30(40)37(27)15-18-6-8-19(32)9-7-18/h6-14,16-17,23-27H,3-5,15H2,1-2H3,(H,35,38)(H,36,39)/t16-,17+,23+,24-,25-,26-,27+,31+/m1/s1. The van der Waals surface area contributed by atoms with E-state index < -0.39 is 41.3 Å². The number of carbonyl (C=O) groups is 3. The lowest BCUT2D eigenvalue weighted by Crippen LogP contribution is -2.57. The zero-order chi connectivity index (χ0) is 29.1. The van der Waals surface area contributed by atoms with Gasteiger partial charge in [-0.1, -0.05) is 74.2 Å². The maximum atomic E-state index is 14.2. The van der Waals surface area contributed by atoms with Crippen molar-refractivity contribution in [3.63, 3.8) is 0 Å². The Labute approximate surface area is 248 Å². The van der Waals surface area contributed by atoms with Crippen molar-refractivity contribution in [1.82, 2.24) is 10.2 Å². The smallest absolute Gasteiger partial charge is 0.246 e. The zero-order valence-electron chi connectivity index (χ0n) is 22.8. The molecule has 2 bridgehead atoms. The summed E-state index contributed by atoms with van der Waals surface area (Å²) in [5.74, 6) is -2.68. The molecule has 8 atom stereocenters. The van der Waals surface area contributed by atoms with Crippen molar-refractivity contribution in [2.75, 3.05) is 5.32 Å². The number of ether oxygens (including phenoxy) is 1. The average molecular weight is 601 g/mol. The molecule has 4 aliphatic rings. The molecule has 216 valence electrons. The molecule has 41 heavy (non-hydrogen) atoms. The van der Waals surface area contributed by atoms with E-state index in [0.717, 1.165) is 24.8 Å². The van der Waals surface area contributed by atoms with Crippen LogP contribution in [0.5, 0.6) is 0 Å². The zero-order valence-corrected chi connectivity index (χ0v) is 24.3. The first kappa shape index (κ1) is 28.2. The van der Waals surface area contributed by atoms with Crippen LogP contribution >= 0.6 is 23.2 Å². The van der Waals surface area contributed by atoms with E-state index in [2.05, 4.69) is 24.5 Å². The van der Waals surface area contributed by atoms with Crippen molar-refractivity contribution in [3.05, 3.63) is 76.0 Å². The van der Waals surface area contributed by atoms with Crippen LogP contribution in [0.2, 0.25) is 10.0 Å². The molecule has 2 aromatic carbocycles. The summed E-state index contributed by atoms with van der Waals surface area (Å²) >= 11 is 12.0. The SMILES string of the molecule is C[C@H]1[C@H](C)CCC[C@@H]1NC(=O)[C@@H]1N(Cc2ccc(Cl)cc2)C(=O)[C@H]2[C@H](C(=O)Nc3ccc(F)c(Cl)c3)[C@H]3C=C[C@@]12O3. The normalized spacial score (nSPS) is 33.6. The Hall–Kier alpha value is -2.94. The number of rotatable bonds is 6. The van der Waals surface area contributed by atoms with Gasteiger partial charge in [0.05, 0.1) is 23.0 Å². The molecule has 0 aromatic heterocycles. The van der Waals surface area contributed by atoms with E-state index in [4.69, 9.17) is 27.9 Å². The molecule has 0 unspecified atom stereocenters. The van der Waals surface area contributed by atoms with Crippen molar-refractivity contribution in [1.29, 1.82) is 0 Å². The number of hydrogen-bond donors (Lipinski definition) is 2. The van der Waals surface area contributed by atoms with Gasteiger partial charge < -0.3 is 20.3 Å². The molecule has 3 aliphatic heterocycles. The first-order chi connectivity index (χ1) is 19.6. The monoisotopic (exact) mass is 599 g/mol. The fraction of sp³-hybridized carbons (Fsp3) is 0.452. The minimum Gasteiger partial charge on any atom is -0.359 e. The third-order valence-corrected chi connectivity index (χ3v) is 9.95. The summed E-state index contributed by atoms with van der Waals surface area (Å²) in [6, 6.07) is 10.0. The highest BCUT2D eigenvalue weighted by molar-refractivity contribution is 6.31. The molecule has 3 amide bonds. The number of amides is 3. The number of likely N-dealkylation sites (tertiary alicyclic amines) is 1. The van der Waals surface area contributed by atoms with E-state index in [1.807, 2.05) is 12.1 Å². The molecule has 1 aliphatic carbocycles. The van der Waals surface area contributed by atoms with Crippen molar-refractivity contribution in [2.24, 2.45) is 23.7 Å². The Morgan fingerprint density at radius 1 is 1.10 bits per heavy atom. The summed E-state index contributed by atoms with van der Waals surface area (Å²) in [5.41, 5.74) is -0.179. The number of anilines is 1. The van der Waals surface area contributed by atoms with Crippen LogP contribution in [-0.4, -0.2) is 46.4 Å². The first-order valence-electron chi connectivity index (χ1n) is 14.1. The molecule has 2 aromatic rings. The second-order valence-corrected chi connectivity index (χ2v) is 12.6. The maximum Gasteiger partial charge on any atom is 0.246 e. The fourth-order valence-electron chi connectivity index (χ4n) is 7.07. The summed E-state index contributed by atoms with van der Waals surface area (Å²) in [5, 5.41) is 6.46. The first-order valence-corrected chi connectivity index (χ1v) is 14.8. The highest BCUT2D eigenvalue weighted by atomic mass is 35.5. The van der Waals surface area contributed by atoms with Gasteiger partial charge in [-0.2, -0.15) is 0 Å². The number of benzene rings is 2. The lowest BCUT2D eigenvalue weighted by Gasteiger charge is -2.38. The van der Waals surface area contributed by atoms with Gasteiger partial charge in [0.2, 0.25) is 17.7 Å². The molecule has 6 rings (SSSR count). The Bertz CT molecular complexity index is 1420. The largest absolute Gasteiger partial charge is 0.359 e. The molecular formula is C31H32Cl2FN3O4. The van der Waals surface area contributed by atoms with Crippen LogP contribution in [0.1, 0.15) is 38.7 Å². The lowest BCUT2D eigenvalue weighted by molar-refractivity contribution is -0.142. The van der Waals surface area contributed by atoms with Gasteiger partial charge >= 0.3 is 0 Å². The predicted octanol–water partition coefficient (Wildman–Crippen LogP) is 5.36. The van der Waals surface area contributed by atoms with Crippen LogP contribution in [0.3, 0.4) is 0 Å². The minimum absolute atomic E-state index is 0.0147. The van der Waals surface area contributed by atoms with Gasteiger partial charge in [0.25, 0.3) is 0 Å². The van der Waals surface area contributed by atoms with Crippen LogP contribution in [0.15, 0.2) is 54.6 Å². The van der Waals surface area contributed by atoms with E-state index in [0.29, 0.717) is 22.5 Å². The Balaban J connectivity index is 1.32. The summed E-state index contributed by atoms with van der Waals surface area (Å²) in [7, 11) is 0. The summed E-state index contributed by atoms with van der Waals surface area (Å²) in [6.45, 7) is 4.51. The van der Waals surface area contributed by atoms with Crippen LogP contribution < -0.4 is 10.6 Å². The van der Waals surface area contributed by atoms with E-state index in [1.165, 1.54) is 18.2 Å². The minimum atomic E-state index is -1.29. The third-order valence-electron chi connectivity index (χ3n) is 9.41. The van der Waals surface area contributed by atoms with Gasteiger partial charge in [-0.3, -0.25) is 14.4 Å². The molecule has 1 saturated carbocycles. The van der Waals surface area contributed by atoms with Crippen LogP contribution in [0.25, 0.3) is 0 Å². The predicted molar refractivity (Wildman–Crippen MR) is 154 cm³/mol. The fourth-order valence-corrected chi connectivity index (χ4v) is 7.38. The van der Waals surface area contributed by atoms with Crippen molar-refractivity contribution in [3.8, 4) is 0 Å². The molecule has 1 spiro atoms. The van der Waals surface area contributed by atoms with Gasteiger partial charge in [-0.05, 0) is 54.2 Å². The van der Waals surface area contributed by atoms with Gasteiger partial charge in [-0.15, -0.1) is 0 Å². The average Bonchev–Trinajstić information content (AvgIpc) is 3.58. The molecular weight excluding hydrogens is 568 g/mol. The quantitative estimate of drug-likeness (QED) is 0.437. The summed E-state index contributed by atoms with van der Waals surface area (Å²) in [4.78, 5) is 43.5. The molecule has 3 fully saturated rings. The molecule has 0 radical (unpaired) electrons. The number of hydrogen-bond acceptors (Lipinski definition) is 4. The van der Waals surface area contributed by atoms with Crippen LogP contribution in [0, 0.1) is 29.5 Å². The van der Waals surface area contributed by atoms with E-state index in [-0.39, 0.29) is 29.4 Å². The highest BCUT2D eigenvalue weighted by Gasteiger charge is 2.72. The molecule has 2 saturated heterocycles. The van der Waals surface area contributed by atoms with Gasteiger partial charge in [0, 0.05) is 23.3 Å². The molecule has 10 heteroatoms. The molecule has 7 nitrogen and oxygen atoms in total. The Morgan fingerprint density at radius 2 is 1.85 bits per heavy atom. The highest BCUT2D eigenvalue weighted by Crippen LogP contribution is 2.55. The second kappa shape index (κ2) is 10.7. The Morgan fingerprint density at radius 3 is 2.59 bits per heavy atom. The lowest BCUT2D eigenvalue weighted by atomic mass is 9.73. The summed E-state index contributed by atoms with van der Waals surface area (Å²) in [6.07, 6.45) is 5.89. The number of nitrogens with one attached hydrogen (secondary N) is 2. The molecule has 3 heterocycles. The van der Waals surface area contributed by atoms with Crippen molar-refractivity contribution < 1.29 is 23.5 Å². The second-order valence-electron chi connectivity index (χ2n) is 11.8. The summed E-state index contributed by atoms with van der Waals surface area (Å²) < 4.78 is 20.1.